The number of carboxylic acids is 1. The third kappa shape index (κ3) is 3.89. The third-order valence-corrected chi connectivity index (χ3v) is 4.76. The topological polar surface area (TPSA) is 117 Å². The predicted octanol–water partition coefficient (Wildman–Crippen LogP) is 1.76. The van der Waals surface area contributed by atoms with E-state index in [1.54, 1.807) is 10.6 Å². The van der Waals surface area contributed by atoms with Crippen molar-refractivity contribution in [2.75, 3.05) is 6.54 Å². The van der Waals surface area contributed by atoms with Gasteiger partial charge in [0, 0.05) is 12.6 Å². The lowest BCUT2D eigenvalue weighted by atomic mass is 9.86. The molecule has 0 aromatic carbocycles. The van der Waals surface area contributed by atoms with Gasteiger partial charge in [0.15, 0.2) is 5.65 Å². The van der Waals surface area contributed by atoms with Crippen molar-refractivity contribution < 1.29 is 19.8 Å². The summed E-state index contributed by atoms with van der Waals surface area (Å²) in [6, 6.07) is 1.40. The van der Waals surface area contributed by atoms with Gasteiger partial charge < -0.3 is 15.5 Å². The number of amides is 1. The van der Waals surface area contributed by atoms with Gasteiger partial charge in [0.2, 0.25) is 0 Å². The Balaban J connectivity index is 1.79. The smallest absolute Gasteiger partial charge is 0.322 e. The fourth-order valence-electron chi connectivity index (χ4n) is 3.44. The second-order valence-electron chi connectivity index (χ2n) is 6.50. The van der Waals surface area contributed by atoms with Crippen LogP contribution in [0.25, 0.3) is 5.65 Å². The Bertz CT molecular complexity index is 780. The molecule has 1 fully saturated rings. The number of aromatic hydroxyl groups is 1. The molecule has 0 spiro atoms. The van der Waals surface area contributed by atoms with E-state index in [9.17, 15) is 14.7 Å². The summed E-state index contributed by atoms with van der Waals surface area (Å²) >= 11 is 0. The number of aromatic nitrogens is 3. The molecule has 134 valence electrons. The van der Waals surface area contributed by atoms with Gasteiger partial charge in [-0.05, 0) is 18.4 Å². The number of nitrogens with one attached hydrogen (secondary N) is 1. The Morgan fingerprint density at radius 3 is 2.72 bits per heavy atom. The van der Waals surface area contributed by atoms with Gasteiger partial charge in [-0.25, -0.2) is 0 Å². The van der Waals surface area contributed by atoms with Gasteiger partial charge in [0.1, 0.15) is 23.7 Å². The number of aryl methyl sites for hydroxylation is 1. The molecule has 1 saturated carbocycles. The predicted molar refractivity (Wildman–Crippen MR) is 89.5 cm³/mol. The minimum atomic E-state index is -1.16. The number of pyridine rings is 1. The van der Waals surface area contributed by atoms with Crippen molar-refractivity contribution in [3.8, 4) is 5.75 Å². The fourth-order valence-corrected chi connectivity index (χ4v) is 3.44. The first-order valence-corrected chi connectivity index (χ1v) is 8.62. The second kappa shape index (κ2) is 7.50. The molecule has 0 aliphatic heterocycles. The monoisotopic (exact) mass is 346 g/mol. The number of hydrogen-bond donors (Lipinski definition) is 3. The van der Waals surface area contributed by atoms with Crippen LogP contribution in [-0.4, -0.2) is 43.2 Å². The van der Waals surface area contributed by atoms with Crippen LogP contribution in [0.4, 0.5) is 0 Å². The SMILES string of the molecule is O=C(O)CNC(=O)c1c(O)ccn2c(CCC3CCCCC3)nnc12. The summed E-state index contributed by atoms with van der Waals surface area (Å²) in [5, 5.41) is 29.1. The molecule has 0 unspecified atom stereocenters. The molecule has 1 aliphatic rings. The standard InChI is InChI=1S/C17H22N4O4/c22-12-8-9-21-13(7-6-11-4-2-1-3-5-11)19-20-16(21)15(12)17(25)18-10-14(23)24/h8-9,11,22H,1-7,10H2,(H,18,25)(H,23,24). The lowest BCUT2D eigenvalue weighted by Gasteiger charge is -2.20. The average Bonchev–Trinajstić information content (AvgIpc) is 3.01. The first-order valence-electron chi connectivity index (χ1n) is 8.62. The highest BCUT2D eigenvalue weighted by Crippen LogP contribution is 2.28. The third-order valence-electron chi connectivity index (χ3n) is 4.76. The number of carbonyl (C=O) groups excluding carboxylic acids is 1. The number of hydrogen-bond acceptors (Lipinski definition) is 5. The average molecular weight is 346 g/mol. The minimum Gasteiger partial charge on any atom is -0.507 e. The molecule has 3 N–H and O–H groups in total. The first-order chi connectivity index (χ1) is 12.1. The van der Waals surface area contributed by atoms with Crippen molar-refractivity contribution in [1.29, 1.82) is 0 Å². The van der Waals surface area contributed by atoms with Gasteiger partial charge in [-0.3, -0.25) is 14.0 Å². The van der Waals surface area contributed by atoms with Crippen molar-refractivity contribution in [3.63, 3.8) is 0 Å². The van der Waals surface area contributed by atoms with Crippen molar-refractivity contribution in [3.05, 3.63) is 23.7 Å². The molecule has 0 bridgehead atoms. The highest BCUT2D eigenvalue weighted by Gasteiger charge is 2.21. The van der Waals surface area contributed by atoms with Crippen molar-refractivity contribution in [2.24, 2.45) is 5.92 Å². The first kappa shape index (κ1) is 17.2. The molecule has 2 aromatic heterocycles. The molecule has 1 amide bonds. The van der Waals surface area contributed by atoms with E-state index in [0.29, 0.717) is 5.92 Å². The maximum atomic E-state index is 12.2. The molecule has 0 radical (unpaired) electrons. The summed E-state index contributed by atoms with van der Waals surface area (Å²) < 4.78 is 1.69. The molecule has 8 heteroatoms. The number of aliphatic carboxylic acids is 1. The zero-order valence-electron chi connectivity index (χ0n) is 13.9. The van der Waals surface area contributed by atoms with Crippen molar-refractivity contribution in [2.45, 2.75) is 44.9 Å². The summed E-state index contributed by atoms with van der Waals surface area (Å²) in [6.45, 7) is -0.526. The Labute approximate surface area is 144 Å². The Hall–Kier alpha value is -2.64. The van der Waals surface area contributed by atoms with E-state index in [1.165, 1.54) is 38.2 Å². The van der Waals surface area contributed by atoms with Gasteiger partial charge in [0.05, 0.1) is 0 Å². The molecular formula is C17H22N4O4. The Kier molecular flexibility index (Phi) is 5.16. The molecule has 2 aromatic rings. The van der Waals surface area contributed by atoms with Crippen LogP contribution >= 0.6 is 0 Å². The van der Waals surface area contributed by atoms with E-state index in [2.05, 4.69) is 15.5 Å². The normalized spacial score (nSPS) is 15.4. The summed E-state index contributed by atoms with van der Waals surface area (Å²) in [5.41, 5.74) is 0.182. The summed E-state index contributed by atoms with van der Waals surface area (Å²) in [6.07, 6.45) is 9.81. The van der Waals surface area contributed by atoms with E-state index in [1.807, 2.05) is 0 Å². The zero-order chi connectivity index (χ0) is 17.8. The van der Waals surface area contributed by atoms with Crippen LogP contribution in [0.2, 0.25) is 0 Å². The number of carboxylic acid groups (broad SMARTS) is 1. The van der Waals surface area contributed by atoms with Crippen LogP contribution in [0.5, 0.6) is 5.75 Å². The van der Waals surface area contributed by atoms with Crippen molar-refractivity contribution >= 4 is 17.5 Å². The summed E-state index contributed by atoms with van der Waals surface area (Å²) in [7, 11) is 0. The van der Waals surface area contributed by atoms with Gasteiger partial charge in [-0.2, -0.15) is 0 Å². The van der Waals surface area contributed by atoms with E-state index in [0.717, 1.165) is 18.7 Å². The van der Waals surface area contributed by atoms with Crippen LogP contribution in [0.15, 0.2) is 12.3 Å². The van der Waals surface area contributed by atoms with Crippen molar-refractivity contribution in [1.82, 2.24) is 19.9 Å². The number of fused-ring (bicyclic) bond motifs is 1. The van der Waals surface area contributed by atoms with Crippen LogP contribution in [-0.2, 0) is 11.2 Å². The van der Waals surface area contributed by atoms with E-state index >= 15 is 0 Å². The second-order valence-corrected chi connectivity index (χ2v) is 6.50. The van der Waals surface area contributed by atoms with Gasteiger partial charge in [0.25, 0.3) is 5.91 Å². The minimum absolute atomic E-state index is 0.0554. The fraction of sp³-hybridized carbons (Fsp3) is 0.529. The molecule has 3 rings (SSSR count). The van der Waals surface area contributed by atoms with E-state index in [4.69, 9.17) is 5.11 Å². The van der Waals surface area contributed by atoms with Gasteiger partial charge in [-0.1, -0.05) is 32.1 Å². The van der Waals surface area contributed by atoms with Crippen LogP contribution in [0, 0.1) is 5.92 Å². The highest BCUT2D eigenvalue weighted by atomic mass is 16.4. The van der Waals surface area contributed by atoms with Gasteiger partial charge >= 0.3 is 5.97 Å². The molecule has 8 nitrogen and oxygen atoms in total. The Morgan fingerprint density at radius 1 is 1.24 bits per heavy atom. The largest absolute Gasteiger partial charge is 0.507 e. The lowest BCUT2D eigenvalue weighted by Crippen LogP contribution is -2.29. The number of rotatable bonds is 6. The molecule has 2 heterocycles. The highest BCUT2D eigenvalue weighted by molar-refractivity contribution is 6.03. The number of carbonyl (C=O) groups is 2. The van der Waals surface area contributed by atoms with E-state index < -0.39 is 18.4 Å². The lowest BCUT2D eigenvalue weighted by molar-refractivity contribution is -0.135. The zero-order valence-corrected chi connectivity index (χ0v) is 13.9. The van der Waals surface area contributed by atoms with E-state index in [-0.39, 0.29) is 17.0 Å². The number of nitrogens with zero attached hydrogens (tertiary/aromatic N) is 3. The molecule has 0 atom stereocenters. The maximum absolute atomic E-state index is 12.2. The molecule has 1 aliphatic carbocycles. The summed E-state index contributed by atoms with van der Waals surface area (Å²) in [5.74, 6) is -0.641. The quantitative estimate of drug-likeness (QED) is 0.734. The molecule has 25 heavy (non-hydrogen) atoms. The van der Waals surface area contributed by atoms with Crippen LogP contribution in [0.1, 0.15) is 54.7 Å². The van der Waals surface area contributed by atoms with Crippen LogP contribution in [0.3, 0.4) is 0 Å². The molecular weight excluding hydrogens is 324 g/mol. The maximum Gasteiger partial charge on any atom is 0.322 e. The van der Waals surface area contributed by atoms with Gasteiger partial charge in [-0.15, -0.1) is 10.2 Å². The van der Waals surface area contributed by atoms with Crippen LogP contribution < -0.4 is 5.32 Å². The Morgan fingerprint density at radius 2 is 2.00 bits per heavy atom. The molecule has 0 saturated heterocycles. The summed E-state index contributed by atoms with van der Waals surface area (Å²) in [4.78, 5) is 22.8.